The third kappa shape index (κ3) is 5.13. The summed E-state index contributed by atoms with van der Waals surface area (Å²) in [6.07, 6.45) is 8.17. The number of benzene rings is 2. The molecule has 6 heteroatoms. The summed E-state index contributed by atoms with van der Waals surface area (Å²) in [6, 6.07) is 16.0. The van der Waals surface area contributed by atoms with Gasteiger partial charge in [-0.25, -0.2) is 0 Å². The van der Waals surface area contributed by atoms with Gasteiger partial charge in [0.1, 0.15) is 17.0 Å². The molecule has 6 nitrogen and oxygen atoms in total. The molecule has 2 saturated heterocycles. The van der Waals surface area contributed by atoms with Crippen LogP contribution in [0.5, 0.6) is 11.5 Å². The van der Waals surface area contributed by atoms with Gasteiger partial charge in [-0.05, 0) is 68.5 Å². The molecule has 0 saturated carbocycles. The molecule has 5 rings (SSSR count). The zero-order valence-corrected chi connectivity index (χ0v) is 20.5. The number of aromatic hydroxyl groups is 1. The van der Waals surface area contributed by atoms with Gasteiger partial charge >= 0.3 is 0 Å². The molecular formula is C29H35N3O3. The van der Waals surface area contributed by atoms with Crippen molar-refractivity contribution >= 4 is 16.8 Å². The second-order valence-electron chi connectivity index (χ2n) is 9.91. The van der Waals surface area contributed by atoms with Gasteiger partial charge in [-0.15, -0.1) is 0 Å². The molecule has 3 atom stereocenters. The van der Waals surface area contributed by atoms with E-state index >= 15 is 0 Å². The highest BCUT2D eigenvalue weighted by molar-refractivity contribution is 5.86. The molecule has 0 aliphatic carbocycles. The Kier molecular flexibility index (Phi) is 7.19. The maximum absolute atomic E-state index is 13.3. The Bertz CT molecular complexity index is 1160. The molecule has 2 aliphatic heterocycles. The van der Waals surface area contributed by atoms with Gasteiger partial charge in [-0.3, -0.25) is 9.78 Å². The number of pyridine rings is 1. The van der Waals surface area contributed by atoms with Gasteiger partial charge in [0.05, 0.1) is 7.11 Å². The number of aromatic nitrogens is 1. The van der Waals surface area contributed by atoms with Crippen LogP contribution >= 0.6 is 0 Å². The van der Waals surface area contributed by atoms with Gasteiger partial charge in [-0.2, -0.15) is 0 Å². The van der Waals surface area contributed by atoms with E-state index in [0.717, 1.165) is 23.2 Å². The zero-order chi connectivity index (χ0) is 24.2. The van der Waals surface area contributed by atoms with Crippen LogP contribution in [0, 0.1) is 5.92 Å². The Labute approximate surface area is 207 Å². The Hall–Kier alpha value is -3.12. The number of methoxy groups -OCH3 is 1. The van der Waals surface area contributed by atoms with Gasteiger partial charge in [-0.1, -0.05) is 36.8 Å². The van der Waals surface area contributed by atoms with Crippen LogP contribution in [0.2, 0.25) is 0 Å². The quantitative estimate of drug-likeness (QED) is 0.513. The van der Waals surface area contributed by atoms with E-state index in [2.05, 4.69) is 15.2 Å². The number of hydrogen-bond acceptors (Lipinski definition) is 5. The number of piperidine rings is 2. The minimum atomic E-state index is -0.287. The number of phenolic OH excluding ortho intramolecular Hbond substituents is 1. The lowest BCUT2D eigenvalue weighted by molar-refractivity contribution is -0.121. The lowest BCUT2D eigenvalue weighted by Crippen LogP contribution is -2.51. The van der Waals surface area contributed by atoms with E-state index in [1.54, 1.807) is 13.3 Å². The Balaban J connectivity index is 1.36. The molecule has 1 amide bonds. The Morgan fingerprint density at radius 2 is 1.94 bits per heavy atom. The van der Waals surface area contributed by atoms with Crippen molar-refractivity contribution < 1.29 is 14.6 Å². The third-order valence-electron chi connectivity index (χ3n) is 7.85. The number of phenols is 1. The normalized spacial score (nSPS) is 21.3. The van der Waals surface area contributed by atoms with Crippen molar-refractivity contribution in [3.8, 4) is 11.5 Å². The zero-order valence-electron chi connectivity index (χ0n) is 20.5. The van der Waals surface area contributed by atoms with Crippen molar-refractivity contribution in [2.45, 2.75) is 50.5 Å². The summed E-state index contributed by atoms with van der Waals surface area (Å²) in [5.74, 6) is 1.15. The summed E-state index contributed by atoms with van der Waals surface area (Å²) in [6.45, 7) is 3.12. The number of nitrogens with one attached hydrogen (secondary N) is 1. The van der Waals surface area contributed by atoms with Gasteiger partial charge in [0.25, 0.3) is 0 Å². The van der Waals surface area contributed by atoms with E-state index in [1.807, 2.05) is 48.5 Å². The Morgan fingerprint density at radius 1 is 1.11 bits per heavy atom. The van der Waals surface area contributed by atoms with Crippen LogP contribution in [-0.2, 0) is 4.79 Å². The predicted molar refractivity (Wildman–Crippen MR) is 138 cm³/mol. The SMILES string of the molecule is COc1ccc(C(CC(=O)NC[C@@H]2CCCN3CCCC[C@H]23)c2ccc3cccnc3c2O)cc1. The minimum Gasteiger partial charge on any atom is -0.505 e. The minimum absolute atomic E-state index is 0.0132. The van der Waals surface area contributed by atoms with Gasteiger partial charge in [0.2, 0.25) is 5.91 Å². The molecular weight excluding hydrogens is 438 g/mol. The van der Waals surface area contributed by atoms with Crippen molar-refractivity contribution in [3.63, 3.8) is 0 Å². The number of amides is 1. The molecule has 0 bridgehead atoms. The molecule has 1 aromatic heterocycles. The largest absolute Gasteiger partial charge is 0.505 e. The van der Waals surface area contributed by atoms with Crippen molar-refractivity contribution in [3.05, 3.63) is 65.9 Å². The summed E-state index contributed by atoms with van der Waals surface area (Å²) >= 11 is 0. The van der Waals surface area contributed by atoms with E-state index in [1.165, 1.54) is 45.2 Å². The van der Waals surface area contributed by atoms with Crippen LogP contribution in [0.25, 0.3) is 10.9 Å². The second kappa shape index (κ2) is 10.6. The number of carbonyl (C=O) groups is 1. The van der Waals surface area contributed by atoms with E-state index in [4.69, 9.17) is 4.74 Å². The molecule has 35 heavy (non-hydrogen) atoms. The third-order valence-corrected chi connectivity index (χ3v) is 7.85. The van der Waals surface area contributed by atoms with Crippen LogP contribution in [0.4, 0.5) is 0 Å². The topological polar surface area (TPSA) is 74.7 Å². The molecule has 2 N–H and O–H groups in total. The fraction of sp³-hybridized carbons (Fsp3) is 0.448. The van der Waals surface area contributed by atoms with Crippen molar-refractivity contribution in [1.29, 1.82) is 0 Å². The standard InChI is InChI=1S/C29H35N3O3/c1-35-23-12-9-20(10-13-23)25(24-14-11-21-6-4-15-30-28(21)29(24)34)18-27(33)31-19-22-7-5-17-32-16-3-2-8-26(22)32/h4,6,9-15,22,25-26,34H,2-3,5,7-8,16-19H2,1H3,(H,31,33)/t22-,25?,26+/m0/s1. The fourth-order valence-corrected chi connectivity index (χ4v) is 5.99. The van der Waals surface area contributed by atoms with Crippen molar-refractivity contribution in [1.82, 2.24) is 15.2 Å². The first-order valence-electron chi connectivity index (χ1n) is 12.9. The molecule has 184 valence electrons. The van der Waals surface area contributed by atoms with E-state index < -0.39 is 0 Å². The van der Waals surface area contributed by atoms with Gasteiger partial charge < -0.3 is 20.1 Å². The van der Waals surface area contributed by atoms with E-state index in [9.17, 15) is 9.90 Å². The highest BCUT2D eigenvalue weighted by Gasteiger charge is 2.33. The number of fused-ring (bicyclic) bond motifs is 2. The first-order valence-corrected chi connectivity index (χ1v) is 12.9. The summed E-state index contributed by atoms with van der Waals surface area (Å²) < 4.78 is 5.32. The number of nitrogens with zero attached hydrogens (tertiary/aromatic N) is 2. The fourth-order valence-electron chi connectivity index (χ4n) is 5.99. The number of ether oxygens (including phenoxy) is 1. The average Bonchev–Trinajstić information content (AvgIpc) is 2.91. The number of carbonyl (C=O) groups excluding carboxylic acids is 1. The van der Waals surface area contributed by atoms with E-state index in [-0.39, 0.29) is 24.0 Å². The molecule has 0 spiro atoms. The van der Waals surface area contributed by atoms with E-state index in [0.29, 0.717) is 23.0 Å². The van der Waals surface area contributed by atoms with Gasteiger partial charge in [0.15, 0.2) is 0 Å². The highest BCUT2D eigenvalue weighted by atomic mass is 16.5. The van der Waals surface area contributed by atoms with Crippen molar-refractivity contribution in [2.24, 2.45) is 5.92 Å². The number of hydrogen-bond donors (Lipinski definition) is 2. The molecule has 1 unspecified atom stereocenters. The maximum Gasteiger partial charge on any atom is 0.220 e. The first-order chi connectivity index (χ1) is 17.1. The van der Waals surface area contributed by atoms with Crippen LogP contribution in [0.15, 0.2) is 54.7 Å². The van der Waals surface area contributed by atoms with Gasteiger partial charge in [0, 0.05) is 42.1 Å². The summed E-state index contributed by atoms with van der Waals surface area (Å²) in [7, 11) is 1.64. The highest BCUT2D eigenvalue weighted by Crippen LogP contribution is 2.38. The molecule has 0 radical (unpaired) electrons. The summed E-state index contributed by atoms with van der Waals surface area (Å²) in [5.41, 5.74) is 2.24. The second-order valence-corrected chi connectivity index (χ2v) is 9.91. The average molecular weight is 474 g/mol. The van der Waals surface area contributed by atoms with Crippen molar-refractivity contribution in [2.75, 3.05) is 26.7 Å². The summed E-state index contributed by atoms with van der Waals surface area (Å²) in [4.78, 5) is 20.3. The van der Waals surface area contributed by atoms with Crippen LogP contribution in [0.1, 0.15) is 55.6 Å². The van der Waals surface area contributed by atoms with Crippen LogP contribution < -0.4 is 10.1 Å². The maximum atomic E-state index is 13.3. The van der Waals surface area contributed by atoms with Crippen LogP contribution in [-0.4, -0.2) is 53.7 Å². The smallest absolute Gasteiger partial charge is 0.220 e. The Morgan fingerprint density at radius 3 is 2.77 bits per heavy atom. The molecule has 2 fully saturated rings. The molecule has 3 aromatic rings. The summed E-state index contributed by atoms with van der Waals surface area (Å²) in [5, 5.41) is 15.3. The lowest BCUT2D eigenvalue weighted by Gasteiger charge is -2.44. The molecule has 2 aromatic carbocycles. The van der Waals surface area contributed by atoms with Crippen LogP contribution in [0.3, 0.4) is 0 Å². The molecule has 2 aliphatic rings. The molecule has 3 heterocycles. The predicted octanol–water partition coefficient (Wildman–Crippen LogP) is 4.85. The lowest BCUT2D eigenvalue weighted by atomic mass is 9.83. The monoisotopic (exact) mass is 473 g/mol. The first kappa shape index (κ1) is 23.6. The number of rotatable bonds is 7.